The summed E-state index contributed by atoms with van der Waals surface area (Å²) in [7, 11) is 3.38. The van der Waals surface area contributed by atoms with Gasteiger partial charge in [0.25, 0.3) is 5.91 Å². The van der Waals surface area contributed by atoms with Gasteiger partial charge in [-0.2, -0.15) is 0 Å². The van der Waals surface area contributed by atoms with Gasteiger partial charge in [-0.05, 0) is 72.0 Å². The number of rotatable bonds is 10. The summed E-state index contributed by atoms with van der Waals surface area (Å²) in [5, 5.41) is 5.73. The van der Waals surface area contributed by atoms with Crippen molar-refractivity contribution in [3.8, 4) is 5.75 Å². The number of nitrogens with zero attached hydrogens (tertiary/aromatic N) is 4. The number of halogens is 1. The molecule has 0 spiro atoms. The van der Waals surface area contributed by atoms with Crippen molar-refractivity contribution in [2.24, 2.45) is 0 Å². The van der Waals surface area contributed by atoms with Crippen LogP contribution in [0.25, 0.3) is 11.0 Å². The van der Waals surface area contributed by atoms with Gasteiger partial charge in [-0.15, -0.1) is 0 Å². The largest absolute Gasteiger partial charge is 0.484 e. The minimum absolute atomic E-state index is 0.151. The first kappa shape index (κ1) is 31.9. The van der Waals surface area contributed by atoms with Gasteiger partial charge in [0.05, 0.1) is 36.1 Å². The van der Waals surface area contributed by atoms with Crippen LogP contribution in [0, 0.1) is 5.82 Å². The first-order valence-corrected chi connectivity index (χ1v) is 14.5. The van der Waals surface area contributed by atoms with Crippen LogP contribution in [0.15, 0.2) is 36.5 Å². The van der Waals surface area contributed by atoms with E-state index >= 15 is 0 Å². The molecule has 2 heterocycles. The molecule has 4 rings (SSSR count). The molecule has 0 aliphatic carbocycles. The predicted molar refractivity (Wildman–Crippen MR) is 164 cm³/mol. The maximum absolute atomic E-state index is 14.7. The maximum atomic E-state index is 14.7. The van der Waals surface area contributed by atoms with Gasteiger partial charge in [0, 0.05) is 43.9 Å². The topological polar surface area (TPSA) is 118 Å². The van der Waals surface area contributed by atoms with Gasteiger partial charge >= 0.3 is 6.09 Å². The van der Waals surface area contributed by atoms with Crippen molar-refractivity contribution in [3.63, 3.8) is 0 Å². The number of nitrogens with one attached hydrogen (secondary N) is 2. The Hall–Kier alpha value is -4.03. The molecule has 1 aromatic heterocycles. The molecule has 43 heavy (non-hydrogen) atoms. The highest BCUT2D eigenvalue weighted by Gasteiger charge is 2.27. The summed E-state index contributed by atoms with van der Waals surface area (Å²) in [5.41, 5.74) is 1.68. The Morgan fingerprint density at radius 1 is 1.16 bits per heavy atom. The summed E-state index contributed by atoms with van der Waals surface area (Å²) in [6.07, 6.45) is 1.03. The average molecular weight is 597 g/mol. The molecular weight excluding hydrogens is 555 g/mol. The highest BCUT2D eigenvalue weighted by atomic mass is 19.1. The van der Waals surface area contributed by atoms with Gasteiger partial charge in [-0.1, -0.05) is 0 Å². The van der Waals surface area contributed by atoms with E-state index in [1.54, 1.807) is 53.1 Å². The molecule has 0 saturated carbocycles. The van der Waals surface area contributed by atoms with Crippen LogP contribution in [0.2, 0.25) is 0 Å². The van der Waals surface area contributed by atoms with Crippen LogP contribution in [-0.4, -0.2) is 81.1 Å². The fourth-order valence-electron chi connectivity index (χ4n) is 4.76. The Kier molecular flexibility index (Phi) is 10.4. The van der Waals surface area contributed by atoms with Gasteiger partial charge in [0.15, 0.2) is 0 Å². The van der Waals surface area contributed by atoms with Crippen LogP contribution in [0.4, 0.5) is 20.7 Å². The lowest BCUT2D eigenvalue weighted by Gasteiger charge is -2.29. The van der Waals surface area contributed by atoms with Gasteiger partial charge in [0.1, 0.15) is 29.1 Å². The second-order valence-corrected chi connectivity index (χ2v) is 11.3. The summed E-state index contributed by atoms with van der Waals surface area (Å²) < 4.78 is 32.2. The summed E-state index contributed by atoms with van der Waals surface area (Å²) in [6.45, 7) is 10.7. The summed E-state index contributed by atoms with van der Waals surface area (Å²) in [5.74, 6) is 0.0211. The van der Waals surface area contributed by atoms with Crippen LogP contribution in [-0.2, 0) is 9.47 Å². The SMILES string of the molecule is CNCCCN(C(=O)OC(C)(C)C)c1ccc(F)cc1OC(C)c1cc(C(=O)NC)cc2ncc(N3CCOCC3)nc12. The summed E-state index contributed by atoms with van der Waals surface area (Å²) >= 11 is 0. The number of carbonyl (C=O) groups is 2. The van der Waals surface area contributed by atoms with E-state index in [0.717, 1.165) is 0 Å². The van der Waals surface area contributed by atoms with Gasteiger partial charge in [-0.3, -0.25) is 14.7 Å². The molecule has 1 unspecified atom stereocenters. The molecule has 1 aliphatic rings. The van der Waals surface area contributed by atoms with Gasteiger partial charge in [0.2, 0.25) is 0 Å². The van der Waals surface area contributed by atoms with Crippen molar-refractivity contribution in [1.29, 1.82) is 0 Å². The third-order valence-corrected chi connectivity index (χ3v) is 6.87. The third-order valence-electron chi connectivity index (χ3n) is 6.87. The Balaban J connectivity index is 1.76. The number of hydrogen-bond acceptors (Lipinski definition) is 9. The molecule has 1 atom stereocenters. The lowest BCUT2D eigenvalue weighted by atomic mass is 10.0. The number of fused-ring (bicyclic) bond motifs is 1. The number of amides is 2. The monoisotopic (exact) mass is 596 g/mol. The summed E-state index contributed by atoms with van der Waals surface area (Å²) in [6, 6.07) is 7.43. The fourth-order valence-corrected chi connectivity index (χ4v) is 4.76. The second kappa shape index (κ2) is 14.0. The van der Waals surface area contributed by atoms with Crippen molar-refractivity contribution in [2.75, 3.05) is 63.3 Å². The van der Waals surface area contributed by atoms with E-state index in [4.69, 9.17) is 19.2 Å². The lowest BCUT2D eigenvalue weighted by molar-refractivity contribution is 0.0578. The number of carbonyl (C=O) groups excluding carboxylic acids is 2. The molecule has 3 aromatic rings. The Morgan fingerprint density at radius 3 is 2.58 bits per heavy atom. The summed E-state index contributed by atoms with van der Waals surface area (Å²) in [4.78, 5) is 39.1. The molecular formula is C31H41FN6O5. The smallest absolute Gasteiger partial charge is 0.414 e. The number of anilines is 2. The van der Waals surface area contributed by atoms with Crippen molar-refractivity contribution in [1.82, 2.24) is 20.6 Å². The average Bonchev–Trinajstić information content (AvgIpc) is 2.98. The number of ether oxygens (including phenoxy) is 3. The molecule has 2 amide bonds. The van der Waals surface area contributed by atoms with Crippen molar-refractivity contribution in [2.45, 2.75) is 45.8 Å². The molecule has 12 heteroatoms. The predicted octanol–water partition coefficient (Wildman–Crippen LogP) is 4.46. The molecule has 2 aromatic carbocycles. The van der Waals surface area contributed by atoms with Gasteiger partial charge < -0.3 is 29.7 Å². The van der Waals surface area contributed by atoms with Crippen LogP contribution < -0.4 is 25.2 Å². The van der Waals surface area contributed by atoms with E-state index in [2.05, 4.69) is 20.5 Å². The molecule has 1 saturated heterocycles. The zero-order chi connectivity index (χ0) is 31.1. The fraction of sp³-hybridized carbons (Fsp3) is 0.484. The number of hydrogen-bond donors (Lipinski definition) is 2. The number of aromatic nitrogens is 2. The van der Waals surface area contributed by atoms with E-state index < -0.39 is 23.6 Å². The van der Waals surface area contributed by atoms with Crippen LogP contribution in [0.3, 0.4) is 0 Å². The highest BCUT2D eigenvalue weighted by Crippen LogP contribution is 2.36. The van der Waals surface area contributed by atoms with Crippen LogP contribution in [0.1, 0.15) is 56.1 Å². The minimum Gasteiger partial charge on any atom is -0.484 e. The van der Waals surface area contributed by atoms with E-state index in [1.165, 1.54) is 23.1 Å². The quantitative estimate of drug-likeness (QED) is 0.327. The third kappa shape index (κ3) is 8.08. The molecule has 232 valence electrons. The highest BCUT2D eigenvalue weighted by molar-refractivity contribution is 5.98. The Labute approximate surface area is 251 Å². The van der Waals surface area contributed by atoms with Gasteiger partial charge in [-0.25, -0.2) is 14.2 Å². The molecule has 0 bridgehead atoms. The minimum atomic E-state index is -0.733. The second-order valence-electron chi connectivity index (χ2n) is 11.3. The van der Waals surface area contributed by atoms with Crippen molar-refractivity contribution >= 4 is 34.5 Å². The molecule has 1 fully saturated rings. The van der Waals surface area contributed by atoms with Crippen molar-refractivity contribution in [3.05, 3.63) is 53.5 Å². The Morgan fingerprint density at radius 2 is 1.91 bits per heavy atom. The van der Waals surface area contributed by atoms with E-state index in [0.29, 0.717) is 79.5 Å². The number of benzene rings is 2. The van der Waals surface area contributed by atoms with E-state index in [-0.39, 0.29) is 11.7 Å². The number of morpholine rings is 1. The van der Waals surface area contributed by atoms with E-state index in [9.17, 15) is 14.0 Å². The van der Waals surface area contributed by atoms with Crippen LogP contribution in [0.5, 0.6) is 5.75 Å². The van der Waals surface area contributed by atoms with E-state index in [1.807, 2.05) is 7.05 Å². The zero-order valence-electron chi connectivity index (χ0n) is 25.7. The van der Waals surface area contributed by atoms with Crippen molar-refractivity contribution < 1.29 is 28.2 Å². The molecule has 11 nitrogen and oxygen atoms in total. The molecule has 1 aliphatic heterocycles. The molecule has 2 N–H and O–H groups in total. The lowest BCUT2D eigenvalue weighted by Crippen LogP contribution is -2.38. The standard InChI is InChI=1S/C31H41FN6O5/c1-20(42-26-18-22(32)8-9-25(26)38(11-7-10-33-5)30(40)43-31(2,3)4)23-16-21(29(39)34-6)17-24-28(23)36-27(19-35-24)37-12-14-41-15-13-37/h8-9,16-20,33H,7,10-15H2,1-6H3,(H,34,39). The maximum Gasteiger partial charge on any atom is 0.414 e. The molecule has 0 radical (unpaired) electrons. The first-order chi connectivity index (χ1) is 20.5. The zero-order valence-corrected chi connectivity index (χ0v) is 25.7. The van der Waals surface area contributed by atoms with Crippen LogP contribution >= 0.6 is 0 Å². The normalized spacial score (nSPS) is 14.3. The first-order valence-electron chi connectivity index (χ1n) is 14.5. The Bertz CT molecular complexity index is 1440.